The molecule has 7 nitrogen and oxygen atoms in total. The van der Waals surface area contributed by atoms with Crippen LogP contribution in [0.3, 0.4) is 0 Å². The third-order valence-electron chi connectivity index (χ3n) is 4.19. The summed E-state index contributed by atoms with van der Waals surface area (Å²) in [5.41, 5.74) is 2.16. The molecule has 0 bridgehead atoms. The summed E-state index contributed by atoms with van der Waals surface area (Å²) >= 11 is 0. The van der Waals surface area contributed by atoms with Gasteiger partial charge in [-0.3, -0.25) is 9.35 Å². The Bertz CT molecular complexity index is 1050. The van der Waals surface area contributed by atoms with Gasteiger partial charge in [0.1, 0.15) is 11.6 Å². The lowest BCUT2D eigenvalue weighted by Crippen LogP contribution is -2.26. The monoisotopic (exact) mass is 383 g/mol. The molecule has 8 heteroatoms. The molecule has 1 aliphatic rings. The minimum absolute atomic E-state index is 0.107. The molecule has 0 spiro atoms. The summed E-state index contributed by atoms with van der Waals surface area (Å²) in [6, 6.07) is 14.9. The summed E-state index contributed by atoms with van der Waals surface area (Å²) in [7, 11) is -4.38. The minimum Gasteiger partial charge on any atom is -0.346 e. The van der Waals surface area contributed by atoms with Gasteiger partial charge in [-0.25, -0.2) is 0 Å². The number of anilines is 2. The van der Waals surface area contributed by atoms with Gasteiger partial charge in [0.2, 0.25) is 0 Å². The smallest absolute Gasteiger partial charge is 0.294 e. The maximum Gasteiger partial charge on any atom is 0.294 e. The SMILES string of the molecule is N#C/C(=C/N1CCCc2ccccc21)C(=O)Nc1cccc(S(=O)(=O)O)c1. The van der Waals surface area contributed by atoms with E-state index in [1.807, 2.05) is 35.2 Å². The number of para-hydroxylation sites is 1. The summed E-state index contributed by atoms with van der Waals surface area (Å²) in [5, 5.41) is 11.9. The van der Waals surface area contributed by atoms with E-state index < -0.39 is 16.0 Å². The lowest BCUT2D eigenvalue weighted by molar-refractivity contribution is -0.112. The van der Waals surface area contributed by atoms with Crippen molar-refractivity contribution in [1.82, 2.24) is 0 Å². The Morgan fingerprint density at radius 3 is 2.74 bits per heavy atom. The van der Waals surface area contributed by atoms with Crippen LogP contribution < -0.4 is 10.2 Å². The Hall–Kier alpha value is -3.15. The highest BCUT2D eigenvalue weighted by molar-refractivity contribution is 7.85. The second-order valence-corrected chi connectivity index (χ2v) is 7.46. The molecule has 1 heterocycles. The summed E-state index contributed by atoms with van der Waals surface area (Å²) < 4.78 is 31.5. The zero-order valence-electron chi connectivity index (χ0n) is 14.3. The molecule has 0 radical (unpaired) electrons. The fourth-order valence-electron chi connectivity index (χ4n) is 2.92. The van der Waals surface area contributed by atoms with Crippen LogP contribution in [0.5, 0.6) is 0 Å². The normalized spacial score (nSPS) is 14.2. The van der Waals surface area contributed by atoms with Crippen molar-refractivity contribution in [3.8, 4) is 6.07 Å². The average molecular weight is 383 g/mol. The van der Waals surface area contributed by atoms with Crippen molar-refractivity contribution in [3.05, 3.63) is 65.9 Å². The van der Waals surface area contributed by atoms with Crippen LogP contribution in [-0.4, -0.2) is 25.4 Å². The second-order valence-electron chi connectivity index (χ2n) is 6.04. The van der Waals surface area contributed by atoms with Crippen molar-refractivity contribution in [2.75, 3.05) is 16.8 Å². The van der Waals surface area contributed by atoms with Gasteiger partial charge in [0, 0.05) is 24.1 Å². The lowest BCUT2D eigenvalue weighted by atomic mass is 10.0. The molecule has 0 saturated heterocycles. The molecular weight excluding hydrogens is 366 g/mol. The van der Waals surface area contributed by atoms with Gasteiger partial charge in [0.25, 0.3) is 16.0 Å². The predicted octanol–water partition coefficient (Wildman–Crippen LogP) is 2.73. The van der Waals surface area contributed by atoms with Crippen LogP contribution in [0.25, 0.3) is 0 Å². The molecular formula is C19H17N3O4S. The Morgan fingerprint density at radius 1 is 1.22 bits per heavy atom. The van der Waals surface area contributed by atoms with Gasteiger partial charge in [-0.1, -0.05) is 24.3 Å². The third-order valence-corrected chi connectivity index (χ3v) is 5.04. The van der Waals surface area contributed by atoms with E-state index in [0.29, 0.717) is 6.54 Å². The highest BCUT2D eigenvalue weighted by Gasteiger charge is 2.18. The molecule has 3 rings (SSSR count). The Kier molecular flexibility index (Phi) is 5.26. The van der Waals surface area contributed by atoms with E-state index in [9.17, 15) is 18.5 Å². The fourth-order valence-corrected chi connectivity index (χ4v) is 3.45. The molecule has 0 fully saturated rings. The molecule has 0 atom stereocenters. The van der Waals surface area contributed by atoms with Gasteiger partial charge in [0.15, 0.2) is 0 Å². The Balaban J connectivity index is 1.84. The Labute approximate surface area is 157 Å². The number of nitrogens with zero attached hydrogens (tertiary/aromatic N) is 2. The van der Waals surface area contributed by atoms with Crippen LogP contribution in [0.4, 0.5) is 11.4 Å². The zero-order chi connectivity index (χ0) is 19.4. The van der Waals surface area contributed by atoms with E-state index in [2.05, 4.69) is 5.32 Å². The number of benzene rings is 2. The van der Waals surface area contributed by atoms with Gasteiger partial charge in [-0.2, -0.15) is 13.7 Å². The first-order chi connectivity index (χ1) is 12.9. The highest BCUT2D eigenvalue weighted by atomic mass is 32.2. The first-order valence-electron chi connectivity index (χ1n) is 8.24. The standard InChI is InChI=1S/C19H17N3O4S/c20-12-15(13-22-10-4-6-14-5-1-2-9-18(14)22)19(23)21-16-7-3-8-17(11-16)27(24,25)26/h1-3,5,7-9,11,13H,4,6,10H2,(H,21,23)(H,24,25,26)/b15-13-. The molecule has 0 saturated carbocycles. The summed E-state index contributed by atoms with van der Waals surface area (Å²) in [6.07, 6.45) is 3.35. The average Bonchev–Trinajstić information content (AvgIpc) is 2.65. The van der Waals surface area contributed by atoms with E-state index in [-0.39, 0.29) is 16.2 Å². The van der Waals surface area contributed by atoms with E-state index in [1.165, 1.54) is 24.4 Å². The van der Waals surface area contributed by atoms with Crippen molar-refractivity contribution < 1.29 is 17.8 Å². The van der Waals surface area contributed by atoms with Crippen LogP contribution in [0.1, 0.15) is 12.0 Å². The van der Waals surface area contributed by atoms with E-state index in [1.54, 1.807) is 0 Å². The number of hydrogen-bond acceptors (Lipinski definition) is 5. The molecule has 138 valence electrons. The maximum absolute atomic E-state index is 12.4. The molecule has 2 aromatic rings. The van der Waals surface area contributed by atoms with Crippen molar-refractivity contribution in [2.45, 2.75) is 17.7 Å². The number of aryl methyl sites for hydroxylation is 1. The summed E-state index contributed by atoms with van der Waals surface area (Å²) in [6.45, 7) is 0.688. The van der Waals surface area contributed by atoms with E-state index in [4.69, 9.17) is 4.55 Å². The van der Waals surface area contributed by atoms with Crippen LogP contribution in [0.15, 0.2) is 65.2 Å². The molecule has 27 heavy (non-hydrogen) atoms. The number of carbonyl (C=O) groups excluding carboxylic acids is 1. The zero-order valence-corrected chi connectivity index (χ0v) is 15.1. The van der Waals surface area contributed by atoms with Crippen LogP contribution in [0.2, 0.25) is 0 Å². The van der Waals surface area contributed by atoms with Crippen molar-refractivity contribution >= 4 is 27.4 Å². The number of nitriles is 1. The molecule has 2 N–H and O–H groups in total. The molecule has 2 aromatic carbocycles. The van der Waals surface area contributed by atoms with Crippen LogP contribution >= 0.6 is 0 Å². The second kappa shape index (κ2) is 7.61. The van der Waals surface area contributed by atoms with Crippen LogP contribution in [0, 0.1) is 11.3 Å². The topological polar surface area (TPSA) is 111 Å². The molecule has 1 aliphatic heterocycles. The quantitative estimate of drug-likeness (QED) is 0.477. The molecule has 0 unspecified atom stereocenters. The first-order valence-corrected chi connectivity index (χ1v) is 9.68. The van der Waals surface area contributed by atoms with Crippen LogP contribution in [-0.2, 0) is 21.3 Å². The van der Waals surface area contributed by atoms with Gasteiger partial charge >= 0.3 is 0 Å². The van der Waals surface area contributed by atoms with Crippen molar-refractivity contribution in [1.29, 1.82) is 5.26 Å². The third kappa shape index (κ3) is 4.34. The number of nitrogens with one attached hydrogen (secondary N) is 1. The number of carbonyl (C=O) groups is 1. The number of fused-ring (bicyclic) bond motifs is 1. The van der Waals surface area contributed by atoms with Gasteiger partial charge < -0.3 is 10.2 Å². The predicted molar refractivity (Wildman–Crippen MR) is 101 cm³/mol. The summed E-state index contributed by atoms with van der Waals surface area (Å²) in [5.74, 6) is -0.659. The highest BCUT2D eigenvalue weighted by Crippen LogP contribution is 2.27. The summed E-state index contributed by atoms with van der Waals surface area (Å²) in [4.78, 5) is 14.0. The van der Waals surface area contributed by atoms with Gasteiger partial charge in [-0.05, 0) is 42.7 Å². The maximum atomic E-state index is 12.4. The van der Waals surface area contributed by atoms with Gasteiger partial charge in [0.05, 0.1) is 4.90 Å². The molecule has 1 amide bonds. The van der Waals surface area contributed by atoms with Crippen molar-refractivity contribution in [2.24, 2.45) is 0 Å². The Morgan fingerprint density at radius 2 is 2.00 bits per heavy atom. The fraction of sp³-hybridized carbons (Fsp3) is 0.158. The number of amides is 1. The minimum atomic E-state index is -4.38. The van der Waals surface area contributed by atoms with E-state index >= 15 is 0 Å². The number of rotatable bonds is 4. The molecule has 0 aromatic heterocycles. The first kappa shape index (κ1) is 18.6. The van der Waals surface area contributed by atoms with Crippen molar-refractivity contribution in [3.63, 3.8) is 0 Å². The molecule has 0 aliphatic carbocycles. The lowest BCUT2D eigenvalue weighted by Gasteiger charge is -2.28. The van der Waals surface area contributed by atoms with E-state index in [0.717, 1.165) is 30.2 Å². The number of hydrogen-bond donors (Lipinski definition) is 2. The largest absolute Gasteiger partial charge is 0.346 e. The van der Waals surface area contributed by atoms with Gasteiger partial charge in [-0.15, -0.1) is 0 Å².